The van der Waals surface area contributed by atoms with Gasteiger partial charge in [-0.2, -0.15) is 11.8 Å². The van der Waals surface area contributed by atoms with Gasteiger partial charge in [-0.15, -0.1) is 0 Å². The van der Waals surface area contributed by atoms with Crippen molar-refractivity contribution in [3.63, 3.8) is 0 Å². The second-order valence-electron chi connectivity index (χ2n) is 6.06. The van der Waals surface area contributed by atoms with E-state index in [0.29, 0.717) is 11.4 Å². The fourth-order valence-electron chi connectivity index (χ4n) is 2.31. The first-order chi connectivity index (χ1) is 13.2. The molecule has 0 aliphatic carbocycles. The number of aromatic amines is 1. The minimum atomic E-state index is -1.36. The number of nitrogens with one attached hydrogen (secondary N) is 3. The Kier molecular flexibility index (Phi) is 10.0. The van der Waals surface area contributed by atoms with Crippen LogP contribution in [-0.4, -0.2) is 74.1 Å². The van der Waals surface area contributed by atoms with E-state index in [0.717, 1.165) is 0 Å². The van der Waals surface area contributed by atoms with Gasteiger partial charge in [-0.05, 0) is 24.9 Å². The van der Waals surface area contributed by atoms with E-state index in [1.54, 1.807) is 0 Å². The van der Waals surface area contributed by atoms with Crippen molar-refractivity contribution < 1.29 is 29.4 Å². The zero-order chi connectivity index (χ0) is 21.1. The van der Waals surface area contributed by atoms with Crippen LogP contribution in [0.15, 0.2) is 12.5 Å². The Hall–Kier alpha value is -2.60. The molecule has 0 unspecified atom stereocenters. The second-order valence-corrected chi connectivity index (χ2v) is 7.05. The average Bonchev–Trinajstić information content (AvgIpc) is 3.14. The van der Waals surface area contributed by atoms with E-state index in [2.05, 4.69) is 20.6 Å². The summed E-state index contributed by atoms with van der Waals surface area (Å²) >= 11 is 1.46. The lowest BCUT2D eigenvalue weighted by atomic mass is 10.1. The number of hydrogen-bond donors (Lipinski definition) is 6. The molecule has 156 valence electrons. The number of nitrogens with zero attached hydrogens (tertiary/aromatic N) is 1. The molecule has 0 saturated carbocycles. The molecule has 1 aromatic heterocycles. The fraction of sp³-hybridized carbons (Fsp3) is 0.562. The van der Waals surface area contributed by atoms with Gasteiger partial charge in [-0.3, -0.25) is 14.4 Å². The Balaban J connectivity index is 2.72. The predicted molar refractivity (Wildman–Crippen MR) is 102 cm³/mol. The number of carbonyl (C=O) groups is 4. The molecule has 0 aliphatic heterocycles. The van der Waals surface area contributed by atoms with Crippen LogP contribution in [-0.2, 0) is 25.6 Å². The van der Waals surface area contributed by atoms with Crippen LogP contribution in [0.2, 0.25) is 0 Å². The summed E-state index contributed by atoms with van der Waals surface area (Å²) in [5.74, 6) is -3.23. The summed E-state index contributed by atoms with van der Waals surface area (Å²) in [5, 5.41) is 22.7. The van der Waals surface area contributed by atoms with Gasteiger partial charge < -0.3 is 31.6 Å². The largest absolute Gasteiger partial charge is 0.481 e. The van der Waals surface area contributed by atoms with Crippen LogP contribution in [0.4, 0.5) is 0 Å². The summed E-state index contributed by atoms with van der Waals surface area (Å²) in [7, 11) is 0. The lowest BCUT2D eigenvalue weighted by molar-refractivity contribution is -0.143. The molecule has 0 radical (unpaired) electrons. The Bertz CT molecular complexity index is 668. The predicted octanol–water partition coefficient (Wildman–Crippen LogP) is -1.05. The van der Waals surface area contributed by atoms with Gasteiger partial charge in [0, 0.05) is 24.7 Å². The molecule has 11 nitrogen and oxygen atoms in total. The number of H-pyrrole nitrogens is 1. The second kappa shape index (κ2) is 12.0. The summed E-state index contributed by atoms with van der Waals surface area (Å²) in [6, 6.07) is -3.28. The van der Waals surface area contributed by atoms with Crippen LogP contribution in [0.5, 0.6) is 0 Å². The highest BCUT2D eigenvalue weighted by molar-refractivity contribution is 7.98. The number of nitrogens with two attached hydrogens (primary N) is 1. The molecule has 0 spiro atoms. The Morgan fingerprint density at radius 2 is 1.86 bits per heavy atom. The van der Waals surface area contributed by atoms with Gasteiger partial charge in [-0.1, -0.05) is 0 Å². The highest BCUT2D eigenvalue weighted by Crippen LogP contribution is 2.05. The van der Waals surface area contributed by atoms with E-state index in [4.69, 9.17) is 10.8 Å². The summed E-state index contributed by atoms with van der Waals surface area (Å²) in [4.78, 5) is 53.4. The number of aromatic nitrogens is 2. The number of rotatable bonds is 13. The molecule has 0 saturated heterocycles. The lowest BCUT2D eigenvalue weighted by Gasteiger charge is -2.22. The van der Waals surface area contributed by atoms with Crippen LogP contribution >= 0.6 is 11.8 Å². The molecule has 0 fully saturated rings. The Morgan fingerprint density at radius 1 is 1.18 bits per heavy atom. The van der Waals surface area contributed by atoms with E-state index in [-0.39, 0.29) is 19.3 Å². The number of aliphatic carboxylic acids is 2. The maximum atomic E-state index is 12.5. The smallest absolute Gasteiger partial charge is 0.326 e. The molecule has 1 rings (SSSR count). The van der Waals surface area contributed by atoms with Crippen LogP contribution in [0, 0.1) is 0 Å². The van der Waals surface area contributed by atoms with Gasteiger partial charge in [0.05, 0.1) is 12.4 Å². The molecule has 0 bridgehead atoms. The van der Waals surface area contributed by atoms with Crippen LogP contribution in [0.1, 0.15) is 25.0 Å². The first-order valence-corrected chi connectivity index (χ1v) is 9.91. The average molecular weight is 415 g/mol. The van der Waals surface area contributed by atoms with E-state index >= 15 is 0 Å². The number of hydrogen-bond acceptors (Lipinski definition) is 7. The van der Waals surface area contributed by atoms with Gasteiger partial charge in [0.25, 0.3) is 0 Å². The van der Waals surface area contributed by atoms with Crippen molar-refractivity contribution in [3.05, 3.63) is 18.2 Å². The third-order valence-corrected chi connectivity index (χ3v) is 4.48. The molecule has 28 heavy (non-hydrogen) atoms. The SMILES string of the molecule is CSCC[C@H](NC(=O)[C@@H](N)Cc1cnc[nH]1)C(=O)N[C@@H](CCC(=O)O)C(=O)O. The molecular formula is C16H25N5O6S. The minimum Gasteiger partial charge on any atom is -0.481 e. The van der Waals surface area contributed by atoms with Crippen molar-refractivity contribution in [2.45, 2.75) is 43.8 Å². The van der Waals surface area contributed by atoms with Gasteiger partial charge in [0.2, 0.25) is 11.8 Å². The third kappa shape index (κ3) is 8.39. The van der Waals surface area contributed by atoms with Gasteiger partial charge in [-0.25, -0.2) is 9.78 Å². The van der Waals surface area contributed by atoms with Crippen LogP contribution in [0.25, 0.3) is 0 Å². The Labute approximate surface area is 165 Å². The number of carboxylic acid groups (broad SMARTS) is 2. The molecule has 7 N–H and O–H groups in total. The summed E-state index contributed by atoms with van der Waals surface area (Å²) in [6.45, 7) is 0. The minimum absolute atomic E-state index is 0.194. The zero-order valence-electron chi connectivity index (χ0n) is 15.4. The van der Waals surface area contributed by atoms with Crippen molar-refractivity contribution in [2.24, 2.45) is 5.73 Å². The third-order valence-electron chi connectivity index (χ3n) is 3.84. The Morgan fingerprint density at radius 3 is 2.39 bits per heavy atom. The normalized spacial score (nSPS) is 13.9. The highest BCUT2D eigenvalue weighted by Gasteiger charge is 2.28. The van der Waals surface area contributed by atoms with Crippen molar-refractivity contribution in [2.75, 3.05) is 12.0 Å². The number of imidazole rings is 1. The van der Waals surface area contributed by atoms with Gasteiger partial charge in [0.15, 0.2) is 0 Å². The lowest BCUT2D eigenvalue weighted by Crippen LogP contribution is -2.55. The fourth-order valence-corrected chi connectivity index (χ4v) is 2.78. The monoisotopic (exact) mass is 415 g/mol. The number of carbonyl (C=O) groups excluding carboxylic acids is 2. The summed E-state index contributed by atoms with van der Waals surface area (Å²) < 4.78 is 0. The van der Waals surface area contributed by atoms with Crippen molar-refractivity contribution in [3.8, 4) is 0 Å². The molecule has 1 heterocycles. The van der Waals surface area contributed by atoms with Crippen molar-refractivity contribution in [1.82, 2.24) is 20.6 Å². The highest BCUT2D eigenvalue weighted by atomic mass is 32.2. The number of amides is 2. The molecule has 2 amide bonds. The molecule has 0 aliphatic rings. The maximum absolute atomic E-state index is 12.5. The van der Waals surface area contributed by atoms with Gasteiger partial charge >= 0.3 is 11.9 Å². The van der Waals surface area contributed by atoms with Gasteiger partial charge in [0.1, 0.15) is 12.1 Å². The van der Waals surface area contributed by atoms with E-state index in [1.165, 1.54) is 24.3 Å². The van der Waals surface area contributed by atoms with Crippen molar-refractivity contribution in [1.29, 1.82) is 0 Å². The molecular weight excluding hydrogens is 390 g/mol. The molecule has 1 aromatic rings. The first kappa shape index (κ1) is 23.4. The summed E-state index contributed by atoms with van der Waals surface area (Å²) in [6.07, 6.45) is 4.60. The van der Waals surface area contributed by atoms with Crippen LogP contribution < -0.4 is 16.4 Å². The van der Waals surface area contributed by atoms with Crippen molar-refractivity contribution >= 4 is 35.5 Å². The van der Waals surface area contributed by atoms with E-state index in [9.17, 15) is 24.3 Å². The quantitative estimate of drug-likeness (QED) is 0.234. The maximum Gasteiger partial charge on any atom is 0.326 e. The molecule has 0 aromatic carbocycles. The number of thioether (sulfide) groups is 1. The van der Waals surface area contributed by atoms with E-state index < -0.39 is 48.3 Å². The standard InChI is InChI=1S/C16H25N5O6S/c1-28-5-4-11(15(25)21-12(16(26)27)2-3-13(22)23)20-14(24)10(17)6-9-7-18-8-19-9/h7-8,10-12H,2-6,17H2,1H3,(H,18,19)(H,20,24)(H,21,25)(H,22,23)(H,26,27)/t10-,11-,12-/m0/s1. The van der Waals surface area contributed by atoms with E-state index in [1.807, 2.05) is 6.26 Å². The first-order valence-electron chi connectivity index (χ1n) is 8.51. The summed E-state index contributed by atoms with van der Waals surface area (Å²) in [5.41, 5.74) is 6.52. The zero-order valence-corrected chi connectivity index (χ0v) is 16.2. The topological polar surface area (TPSA) is 187 Å². The van der Waals surface area contributed by atoms with Crippen LogP contribution in [0.3, 0.4) is 0 Å². The molecule has 12 heteroatoms. The number of carboxylic acids is 2. The molecule has 3 atom stereocenters.